The minimum Gasteiger partial charge on any atom is -0.497 e. The summed E-state index contributed by atoms with van der Waals surface area (Å²) in [6.07, 6.45) is 2.23. The van der Waals surface area contributed by atoms with Gasteiger partial charge < -0.3 is 18.7 Å². The van der Waals surface area contributed by atoms with E-state index >= 15 is 0 Å². The molecule has 1 atom stereocenters. The van der Waals surface area contributed by atoms with Crippen LogP contribution in [-0.2, 0) is 6.54 Å². The highest BCUT2D eigenvalue weighted by Gasteiger charge is 2.29. The molecule has 29 heavy (non-hydrogen) atoms. The zero-order valence-corrected chi connectivity index (χ0v) is 16.3. The summed E-state index contributed by atoms with van der Waals surface area (Å²) in [5.41, 5.74) is 2.15. The third-order valence-electron chi connectivity index (χ3n) is 5.47. The van der Waals surface area contributed by atoms with Gasteiger partial charge in [0.25, 0.3) is 0 Å². The van der Waals surface area contributed by atoms with Gasteiger partial charge in [0.2, 0.25) is 11.7 Å². The van der Waals surface area contributed by atoms with Gasteiger partial charge in [-0.3, -0.25) is 4.90 Å². The Morgan fingerprint density at radius 1 is 1.07 bits per heavy atom. The molecule has 2 aliphatic rings. The summed E-state index contributed by atoms with van der Waals surface area (Å²) in [5.74, 6) is 3.68. The summed E-state index contributed by atoms with van der Waals surface area (Å²) >= 11 is 0. The summed E-state index contributed by atoms with van der Waals surface area (Å²) in [6.45, 7) is 2.83. The Kier molecular flexibility index (Phi) is 4.81. The lowest BCUT2D eigenvalue weighted by atomic mass is 10.0. The minimum absolute atomic E-state index is 0.308. The number of rotatable bonds is 5. The van der Waals surface area contributed by atoms with E-state index in [1.54, 1.807) is 7.11 Å². The van der Waals surface area contributed by atoms with Crippen molar-refractivity contribution in [2.75, 3.05) is 26.9 Å². The Bertz CT molecular complexity index is 986. The first-order valence-corrected chi connectivity index (χ1v) is 9.91. The van der Waals surface area contributed by atoms with E-state index in [1.807, 2.05) is 30.3 Å². The fourth-order valence-corrected chi connectivity index (χ4v) is 4.01. The van der Waals surface area contributed by atoms with Crippen molar-refractivity contribution in [1.29, 1.82) is 0 Å². The number of hydrogen-bond acceptors (Lipinski definition) is 7. The molecule has 1 saturated heterocycles. The van der Waals surface area contributed by atoms with Gasteiger partial charge in [-0.2, -0.15) is 4.98 Å². The van der Waals surface area contributed by atoms with Crippen molar-refractivity contribution < 1.29 is 18.7 Å². The number of benzene rings is 2. The number of aromatic nitrogens is 2. The van der Waals surface area contributed by atoms with Crippen LogP contribution >= 0.6 is 0 Å². The smallest absolute Gasteiger partial charge is 0.241 e. The Hall–Kier alpha value is -3.06. The van der Waals surface area contributed by atoms with Gasteiger partial charge in [0, 0.05) is 11.6 Å². The van der Waals surface area contributed by atoms with E-state index in [9.17, 15) is 0 Å². The van der Waals surface area contributed by atoms with E-state index < -0.39 is 0 Å². The number of likely N-dealkylation sites (tertiary alicyclic amines) is 1. The van der Waals surface area contributed by atoms with Crippen molar-refractivity contribution in [1.82, 2.24) is 15.0 Å². The SMILES string of the molecule is COc1ccc(-c2noc(CN3CCC[C@@H]3c3ccc4c(c3)OCCO4)n2)cc1. The molecule has 1 fully saturated rings. The standard InChI is InChI=1S/C22H23N3O4/c1-26-17-7-4-15(5-8-17)22-23-21(29-24-22)14-25-10-2-3-18(25)16-6-9-19-20(13-16)28-12-11-27-19/h4-9,13,18H,2-3,10-12,14H2,1H3/t18-/m1/s1. The van der Waals surface area contributed by atoms with E-state index in [0.717, 1.165) is 42.2 Å². The Morgan fingerprint density at radius 2 is 1.90 bits per heavy atom. The van der Waals surface area contributed by atoms with Crippen molar-refractivity contribution in [2.45, 2.75) is 25.4 Å². The summed E-state index contributed by atoms with van der Waals surface area (Å²) in [7, 11) is 1.65. The average molecular weight is 393 g/mol. The predicted molar refractivity (Wildman–Crippen MR) is 106 cm³/mol. The third-order valence-corrected chi connectivity index (χ3v) is 5.47. The summed E-state index contributed by atoms with van der Waals surface area (Å²) in [4.78, 5) is 6.98. The summed E-state index contributed by atoms with van der Waals surface area (Å²) in [6, 6.07) is 14.2. The molecule has 2 aromatic carbocycles. The molecule has 1 aromatic heterocycles. The normalized spacial score (nSPS) is 18.7. The second-order valence-electron chi connectivity index (χ2n) is 7.27. The Morgan fingerprint density at radius 3 is 2.72 bits per heavy atom. The lowest BCUT2D eigenvalue weighted by Gasteiger charge is -2.25. The van der Waals surface area contributed by atoms with Crippen LogP contribution in [0.5, 0.6) is 17.2 Å². The molecular formula is C22H23N3O4. The molecule has 0 bridgehead atoms. The van der Waals surface area contributed by atoms with Gasteiger partial charge in [-0.15, -0.1) is 0 Å². The zero-order chi connectivity index (χ0) is 19.6. The molecule has 0 radical (unpaired) electrons. The minimum atomic E-state index is 0.308. The molecular weight excluding hydrogens is 370 g/mol. The van der Waals surface area contributed by atoms with Crippen molar-refractivity contribution in [3.63, 3.8) is 0 Å². The molecule has 0 aliphatic carbocycles. The topological polar surface area (TPSA) is 69.9 Å². The number of ether oxygens (including phenoxy) is 3. The average Bonchev–Trinajstić information content (AvgIpc) is 3.43. The van der Waals surface area contributed by atoms with Crippen molar-refractivity contribution in [2.24, 2.45) is 0 Å². The van der Waals surface area contributed by atoms with Gasteiger partial charge in [-0.05, 0) is 61.3 Å². The molecule has 2 aliphatic heterocycles. The lowest BCUT2D eigenvalue weighted by Crippen LogP contribution is -2.23. The third kappa shape index (κ3) is 3.65. The fraction of sp³-hybridized carbons (Fsp3) is 0.364. The second kappa shape index (κ2) is 7.75. The van der Waals surface area contributed by atoms with Crippen molar-refractivity contribution in [3.8, 4) is 28.6 Å². The maximum Gasteiger partial charge on any atom is 0.241 e. The first-order valence-electron chi connectivity index (χ1n) is 9.91. The Labute approximate surface area is 169 Å². The molecule has 3 aromatic rings. The molecule has 0 unspecified atom stereocenters. The van der Waals surface area contributed by atoms with E-state index in [4.69, 9.17) is 18.7 Å². The molecule has 0 amide bonds. The summed E-state index contributed by atoms with van der Waals surface area (Å²) < 4.78 is 22.1. The van der Waals surface area contributed by atoms with Crippen LogP contribution < -0.4 is 14.2 Å². The van der Waals surface area contributed by atoms with E-state index in [-0.39, 0.29) is 0 Å². The van der Waals surface area contributed by atoms with Crippen molar-refractivity contribution >= 4 is 0 Å². The van der Waals surface area contributed by atoms with Gasteiger partial charge in [0.05, 0.1) is 13.7 Å². The highest BCUT2D eigenvalue weighted by Crippen LogP contribution is 2.38. The van der Waals surface area contributed by atoms with E-state index in [2.05, 4.69) is 27.2 Å². The van der Waals surface area contributed by atoms with Gasteiger partial charge in [0.1, 0.15) is 19.0 Å². The first kappa shape index (κ1) is 18.0. The maximum atomic E-state index is 5.75. The molecule has 7 nitrogen and oxygen atoms in total. The van der Waals surface area contributed by atoms with Gasteiger partial charge >= 0.3 is 0 Å². The number of hydrogen-bond donors (Lipinski definition) is 0. The molecule has 3 heterocycles. The lowest BCUT2D eigenvalue weighted by molar-refractivity contribution is 0.170. The van der Waals surface area contributed by atoms with Crippen molar-refractivity contribution in [3.05, 3.63) is 53.9 Å². The second-order valence-corrected chi connectivity index (χ2v) is 7.27. The Balaban J connectivity index is 1.31. The number of fused-ring (bicyclic) bond motifs is 1. The predicted octanol–water partition coefficient (Wildman–Crippen LogP) is 3.85. The van der Waals surface area contributed by atoms with Crippen LogP contribution in [0.15, 0.2) is 47.0 Å². The fourth-order valence-electron chi connectivity index (χ4n) is 4.01. The van der Waals surface area contributed by atoms with Crippen LogP contribution in [0.2, 0.25) is 0 Å². The molecule has 0 spiro atoms. The maximum absolute atomic E-state index is 5.75. The quantitative estimate of drug-likeness (QED) is 0.652. The first-order chi connectivity index (χ1) is 14.3. The van der Waals surface area contributed by atoms with E-state index in [1.165, 1.54) is 5.56 Å². The highest BCUT2D eigenvalue weighted by molar-refractivity contribution is 5.55. The van der Waals surface area contributed by atoms with Gasteiger partial charge in [-0.1, -0.05) is 11.2 Å². The number of methoxy groups -OCH3 is 1. The van der Waals surface area contributed by atoms with Crippen LogP contribution in [0.1, 0.15) is 30.3 Å². The van der Waals surface area contributed by atoms with Gasteiger partial charge in [-0.25, -0.2) is 0 Å². The largest absolute Gasteiger partial charge is 0.497 e. The molecule has 0 saturated carbocycles. The van der Waals surface area contributed by atoms with Crippen LogP contribution in [0, 0.1) is 0 Å². The van der Waals surface area contributed by atoms with Crippen LogP contribution in [0.4, 0.5) is 0 Å². The van der Waals surface area contributed by atoms with Crippen LogP contribution in [0.3, 0.4) is 0 Å². The molecule has 150 valence electrons. The van der Waals surface area contributed by atoms with E-state index in [0.29, 0.717) is 37.5 Å². The molecule has 0 N–H and O–H groups in total. The molecule has 5 rings (SSSR count). The highest BCUT2D eigenvalue weighted by atomic mass is 16.6. The number of nitrogens with zero attached hydrogens (tertiary/aromatic N) is 3. The summed E-state index contributed by atoms with van der Waals surface area (Å²) in [5, 5.41) is 4.15. The zero-order valence-electron chi connectivity index (χ0n) is 16.3. The monoisotopic (exact) mass is 393 g/mol. The van der Waals surface area contributed by atoms with Gasteiger partial charge in [0.15, 0.2) is 11.5 Å². The van der Waals surface area contributed by atoms with Crippen LogP contribution in [-0.4, -0.2) is 41.9 Å². The van der Waals surface area contributed by atoms with Crippen LogP contribution in [0.25, 0.3) is 11.4 Å². The molecule has 7 heteroatoms.